The molecule has 0 unspecified atom stereocenters. The lowest BCUT2D eigenvalue weighted by Gasteiger charge is -1.99. The maximum Gasteiger partial charge on any atom is 0.303 e. The molecule has 2 aromatic rings. The van der Waals surface area contributed by atoms with Crippen LogP contribution in [0.3, 0.4) is 0 Å². The smallest absolute Gasteiger partial charge is 0.303 e. The average molecular weight is 286 g/mol. The van der Waals surface area contributed by atoms with Crippen LogP contribution in [0.4, 0.5) is 0 Å². The highest BCUT2D eigenvalue weighted by Crippen LogP contribution is 2.30. The summed E-state index contributed by atoms with van der Waals surface area (Å²) in [6.45, 7) is 0. The highest BCUT2D eigenvalue weighted by atomic mass is 35.5. The summed E-state index contributed by atoms with van der Waals surface area (Å²) < 4.78 is 5.13. The van der Waals surface area contributed by atoms with Crippen molar-refractivity contribution in [3.05, 3.63) is 40.0 Å². The van der Waals surface area contributed by atoms with E-state index in [2.05, 4.69) is 5.16 Å². The van der Waals surface area contributed by atoms with Gasteiger partial charge in [-0.2, -0.15) is 0 Å². The quantitative estimate of drug-likeness (QED) is 0.931. The van der Waals surface area contributed by atoms with Crippen molar-refractivity contribution < 1.29 is 14.4 Å². The minimum Gasteiger partial charge on any atom is -0.481 e. The number of carbonyl (C=O) groups is 1. The van der Waals surface area contributed by atoms with E-state index in [0.717, 1.165) is 0 Å². The van der Waals surface area contributed by atoms with Crippen molar-refractivity contribution in [2.75, 3.05) is 0 Å². The van der Waals surface area contributed by atoms with Gasteiger partial charge in [0.25, 0.3) is 0 Å². The van der Waals surface area contributed by atoms with Gasteiger partial charge in [0.1, 0.15) is 0 Å². The Balaban J connectivity index is 2.21. The third-order valence-electron chi connectivity index (χ3n) is 2.35. The van der Waals surface area contributed by atoms with E-state index < -0.39 is 5.97 Å². The van der Waals surface area contributed by atoms with Gasteiger partial charge in [-0.1, -0.05) is 28.4 Å². The number of hydrogen-bond donors (Lipinski definition) is 1. The number of aryl methyl sites for hydroxylation is 1. The van der Waals surface area contributed by atoms with E-state index >= 15 is 0 Å². The number of halogens is 2. The largest absolute Gasteiger partial charge is 0.481 e. The molecule has 6 heteroatoms. The second-order valence-corrected chi connectivity index (χ2v) is 4.54. The molecule has 1 aromatic carbocycles. The van der Waals surface area contributed by atoms with Gasteiger partial charge in [-0.15, -0.1) is 0 Å². The molecule has 18 heavy (non-hydrogen) atoms. The van der Waals surface area contributed by atoms with Crippen LogP contribution in [-0.2, 0) is 11.2 Å². The Hall–Kier alpha value is -1.52. The number of hydrogen-bond acceptors (Lipinski definition) is 3. The molecule has 0 fully saturated rings. The SMILES string of the molecule is O=C(O)CCc1cc(-c2ccc(Cl)cc2Cl)on1. The van der Waals surface area contributed by atoms with E-state index in [9.17, 15) is 4.79 Å². The first-order valence-corrected chi connectivity index (χ1v) is 5.94. The van der Waals surface area contributed by atoms with Crippen molar-refractivity contribution in [2.45, 2.75) is 12.8 Å². The molecule has 2 rings (SSSR count). The van der Waals surface area contributed by atoms with Crippen molar-refractivity contribution >= 4 is 29.2 Å². The van der Waals surface area contributed by atoms with Crippen molar-refractivity contribution in [3.8, 4) is 11.3 Å². The van der Waals surface area contributed by atoms with Crippen LogP contribution in [0.2, 0.25) is 10.0 Å². The summed E-state index contributed by atoms with van der Waals surface area (Å²) in [5, 5.41) is 13.4. The number of nitrogens with zero attached hydrogens (tertiary/aromatic N) is 1. The van der Waals surface area contributed by atoms with Crippen LogP contribution in [0.5, 0.6) is 0 Å². The lowest BCUT2D eigenvalue weighted by atomic mass is 10.1. The van der Waals surface area contributed by atoms with Gasteiger partial charge in [-0.3, -0.25) is 4.79 Å². The summed E-state index contributed by atoms with van der Waals surface area (Å²) >= 11 is 11.8. The fraction of sp³-hybridized carbons (Fsp3) is 0.167. The van der Waals surface area contributed by atoms with Crippen LogP contribution in [-0.4, -0.2) is 16.2 Å². The van der Waals surface area contributed by atoms with E-state index in [0.29, 0.717) is 33.5 Å². The number of carboxylic acid groups (broad SMARTS) is 1. The molecular formula is C12H9Cl2NO3. The Morgan fingerprint density at radius 1 is 1.33 bits per heavy atom. The predicted octanol–water partition coefficient (Wildman–Crippen LogP) is 3.67. The summed E-state index contributed by atoms with van der Waals surface area (Å²) in [7, 11) is 0. The molecule has 0 saturated carbocycles. The van der Waals surface area contributed by atoms with Gasteiger partial charge in [0, 0.05) is 23.1 Å². The maximum absolute atomic E-state index is 10.4. The number of aromatic nitrogens is 1. The highest BCUT2D eigenvalue weighted by molar-refractivity contribution is 6.36. The zero-order chi connectivity index (χ0) is 13.1. The van der Waals surface area contributed by atoms with Gasteiger partial charge in [0.2, 0.25) is 0 Å². The first-order valence-electron chi connectivity index (χ1n) is 5.19. The predicted molar refractivity (Wildman–Crippen MR) is 67.9 cm³/mol. The van der Waals surface area contributed by atoms with Gasteiger partial charge in [0.05, 0.1) is 17.1 Å². The van der Waals surface area contributed by atoms with Crippen LogP contribution in [0.15, 0.2) is 28.8 Å². The first-order chi connectivity index (χ1) is 8.56. The number of carboxylic acids is 1. The molecule has 0 radical (unpaired) electrons. The first kappa shape index (κ1) is 12.9. The molecule has 0 aliphatic rings. The monoisotopic (exact) mass is 285 g/mol. The molecule has 4 nitrogen and oxygen atoms in total. The van der Waals surface area contributed by atoms with E-state index in [1.54, 1.807) is 24.3 Å². The molecule has 94 valence electrons. The minimum absolute atomic E-state index is 0.0142. The third kappa shape index (κ3) is 3.03. The number of benzene rings is 1. The molecule has 0 aliphatic carbocycles. The molecule has 0 bridgehead atoms. The molecule has 0 atom stereocenters. The summed E-state index contributed by atoms with van der Waals surface area (Å²) in [6.07, 6.45) is 0.338. The summed E-state index contributed by atoms with van der Waals surface area (Å²) in [4.78, 5) is 10.4. The Morgan fingerprint density at radius 3 is 2.78 bits per heavy atom. The van der Waals surface area contributed by atoms with E-state index in [1.165, 1.54) is 0 Å². The second kappa shape index (κ2) is 5.42. The summed E-state index contributed by atoms with van der Waals surface area (Å²) in [5.41, 5.74) is 1.26. The van der Waals surface area contributed by atoms with Crippen LogP contribution in [0.25, 0.3) is 11.3 Å². The van der Waals surface area contributed by atoms with E-state index in [-0.39, 0.29) is 6.42 Å². The molecular weight excluding hydrogens is 277 g/mol. The number of rotatable bonds is 4. The molecule has 1 aromatic heterocycles. The average Bonchev–Trinajstić information content (AvgIpc) is 2.75. The van der Waals surface area contributed by atoms with Crippen LogP contribution >= 0.6 is 23.2 Å². The van der Waals surface area contributed by atoms with Crippen LogP contribution in [0, 0.1) is 0 Å². The topological polar surface area (TPSA) is 63.3 Å². The van der Waals surface area contributed by atoms with Crippen molar-refractivity contribution in [1.82, 2.24) is 5.16 Å². The molecule has 0 aliphatic heterocycles. The minimum atomic E-state index is -0.871. The molecule has 0 saturated heterocycles. The summed E-state index contributed by atoms with van der Waals surface area (Å²) in [5.74, 6) is -0.374. The molecule has 0 spiro atoms. The molecule has 0 amide bonds. The second-order valence-electron chi connectivity index (χ2n) is 3.70. The van der Waals surface area contributed by atoms with Gasteiger partial charge in [-0.25, -0.2) is 0 Å². The third-order valence-corrected chi connectivity index (χ3v) is 2.90. The van der Waals surface area contributed by atoms with Crippen molar-refractivity contribution in [2.24, 2.45) is 0 Å². The maximum atomic E-state index is 10.4. The van der Waals surface area contributed by atoms with Gasteiger partial charge >= 0.3 is 5.97 Å². The van der Waals surface area contributed by atoms with Gasteiger partial charge in [0.15, 0.2) is 5.76 Å². The van der Waals surface area contributed by atoms with E-state index in [1.807, 2.05) is 0 Å². The van der Waals surface area contributed by atoms with Crippen LogP contribution < -0.4 is 0 Å². The van der Waals surface area contributed by atoms with Gasteiger partial charge < -0.3 is 9.63 Å². The molecule has 1 N–H and O–H groups in total. The van der Waals surface area contributed by atoms with Crippen molar-refractivity contribution in [1.29, 1.82) is 0 Å². The Bertz CT molecular complexity index is 580. The Labute approximate surface area is 113 Å². The normalized spacial score (nSPS) is 10.6. The van der Waals surface area contributed by atoms with Gasteiger partial charge in [-0.05, 0) is 18.2 Å². The van der Waals surface area contributed by atoms with E-state index in [4.69, 9.17) is 32.8 Å². The lowest BCUT2D eigenvalue weighted by Crippen LogP contribution is -1.97. The van der Waals surface area contributed by atoms with Crippen LogP contribution in [0.1, 0.15) is 12.1 Å². The standard InChI is InChI=1S/C12H9Cl2NO3/c13-7-1-3-9(10(14)5-7)11-6-8(15-18-11)2-4-12(16)17/h1,3,5-6H,2,4H2,(H,16,17). The Morgan fingerprint density at radius 2 is 2.11 bits per heavy atom. The van der Waals surface area contributed by atoms with Crippen molar-refractivity contribution in [3.63, 3.8) is 0 Å². The lowest BCUT2D eigenvalue weighted by molar-refractivity contribution is -0.136. The zero-order valence-corrected chi connectivity index (χ0v) is 10.7. The zero-order valence-electron chi connectivity index (χ0n) is 9.19. The summed E-state index contributed by atoms with van der Waals surface area (Å²) in [6, 6.07) is 6.71. The number of aliphatic carboxylic acids is 1. The Kier molecular flexibility index (Phi) is 3.89. The fourth-order valence-electron chi connectivity index (χ4n) is 1.48. The highest BCUT2D eigenvalue weighted by Gasteiger charge is 2.11. The fourth-order valence-corrected chi connectivity index (χ4v) is 1.98. The molecule has 1 heterocycles.